The Kier molecular flexibility index (Phi) is 7.05. The van der Waals surface area contributed by atoms with Gasteiger partial charge in [-0.3, -0.25) is 9.69 Å². The largest absolute Gasteiger partial charge is 0.379 e. The van der Waals surface area contributed by atoms with Gasteiger partial charge in [0.2, 0.25) is 5.91 Å². The molecule has 26 heavy (non-hydrogen) atoms. The van der Waals surface area contributed by atoms with Crippen LogP contribution in [0.5, 0.6) is 0 Å². The Morgan fingerprint density at radius 3 is 2.50 bits per heavy atom. The van der Waals surface area contributed by atoms with Gasteiger partial charge in [0.25, 0.3) is 0 Å². The highest BCUT2D eigenvalue weighted by molar-refractivity contribution is 8.00. The first-order valence-electron chi connectivity index (χ1n) is 8.74. The molecule has 1 aliphatic heterocycles. The molecule has 1 fully saturated rings. The van der Waals surface area contributed by atoms with E-state index in [2.05, 4.69) is 22.3 Å². The average molecular weight is 374 g/mol. The molecule has 138 valence electrons. The molecule has 0 aromatic heterocycles. The van der Waals surface area contributed by atoms with Crippen molar-refractivity contribution in [2.45, 2.75) is 10.9 Å². The van der Waals surface area contributed by atoms with Crippen LogP contribution in [0.15, 0.2) is 59.5 Å². The number of hydrogen-bond donors (Lipinski definition) is 1. The summed E-state index contributed by atoms with van der Waals surface area (Å²) >= 11 is 1.41. The smallest absolute Gasteiger partial charge is 0.230 e. The Hall–Kier alpha value is -1.89. The van der Waals surface area contributed by atoms with E-state index in [0.29, 0.717) is 12.3 Å². The summed E-state index contributed by atoms with van der Waals surface area (Å²) in [5.74, 6) is 0.0273. The van der Waals surface area contributed by atoms with Crippen LogP contribution >= 0.6 is 11.8 Å². The van der Waals surface area contributed by atoms with Crippen LogP contribution in [0.4, 0.5) is 4.39 Å². The Morgan fingerprint density at radius 1 is 1.12 bits per heavy atom. The highest BCUT2D eigenvalue weighted by atomic mass is 32.2. The third-order valence-electron chi connectivity index (χ3n) is 4.35. The van der Waals surface area contributed by atoms with Crippen molar-refractivity contribution in [1.29, 1.82) is 0 Å². The van der Waals surface area contributed by atoms with Crippen molar-refractivity contribution in [2.24, 2.45) is 0 Å². The summed E-state index contributed by atoms with van der Waals surface area (Å²) in [6.45, 7) is 3.72. The quantitative estimate of drug-likeness (QED) is 0.756. The van der Waals surface area contributed by atoms with Gasteiger partial charge in [0, 0.05) is 24.5 Å². The van der Waals surface area contributed by atoms with Crippen LogP contribution < -0.4 is 5.32 Å². The molecule has 0 saturated carbocycles. The van der Waals surface area contributed by atoms with Gasteiger partial charge in [0.05, 0.1) is 25.0 Å². The fraction of sp³-hybridized carbons (Fsp3) is 0.350. The van der Waals surface area contributed by atoms with E-state index < -0.39 is 0 Å². The summed E-state index contributed by atoms with van der Waals surface area (Å²) in [7, 11) is 0. The lowest BCUT2D eigenvalue weighted by atomic mass is 10.0. The van der Waals surface area contributed by atoms with Crippen LogP contribution in [-0.2, 0) is 9.53 Å². The third kappa shape index (κ3) is 5.56. The number of amides is 1. The van der Waals surface area contributed by atoms with Gasteiger partial charge in [0.1, 0.15) is 5.82 Å². The van der Waals surface area contributed by atoms with Gasteiger partial charge in [-0.05, 0) is 29.8 Å². The summed E-state index contributed by atoms with van der Waals surface area (Å²) < 4.78 is 18.4. The summed E-state index contributed by atoms with van der Waals surface area (Å²) in [6, 6.07) is 16.6. The summed E-state index contributed by atoms with van der Waals surface area (Å²) in [4.78, 5) is 15.5. The summed E-state index contributed by atoms with van der Waals surface area (Å²) in [6.07, 6.45) is 0. The summed E-state index contributed by atoms with van der Waals surface area (Å²) in [5.41, 5.74) is 1.20. The number of benzene rings is 2. The van der Waals surface area contributed by atoms with E-state index in [1.807, 2.05) is 18.2 Å². The highest BCUT2D eigenvalue weighted by Crippen LogP contribution is 2.21. The van der Waals surface area contributed by atoms with E-state index in [4.69, 9.17) is 4.74 Å². The third-order valence-corrected chi connectivity index (χ3v) is 5.36. The highest BCUT2D eigenvalue weighted by Gasteiger charge is 2.23. The number of carbonyl (C=O) groups is 1. The van der Waals surface area contributed by atoms with Crippen molar-refractivity contribution < 1.29 is 13.9 Å². The van der Waals surface area contributed by atoms with Gasteiger partial charge >= 0.3 is 0 Å². The fourth-order valence-corrected chi connectivity index (χ4v) is 3.69. The number of hydrogen-bond acceptors (Lipinski definition) is 4. The summed E-state index contributed by atoms with van der Waals surface area (Å²) in [5, 5.41) is 3.04. The zero-order valence-electron chi connectivity index (χ0n) is 14.6. The van der Waals surface area contributed by atoms with E-state index in [1.54, 1.807) is 12.1 Å². The molecular weight excluding hydrogens is 351 g/mol. The van der Waals surface area contributed by atoms with Gasteiger partial charge < -0.3 is 10.1 Å². The van der Waals surface area contributed by atoms with Crippen molar-refractivity contribution in [1.82, 2.24) is 10.2 Å². The minimum Gasteiger partial charge on any atom is -0.379 e. The van der Waals surface area contributed by atoms with Crippen LogP contribution in [0.3, 0.4) is 0 Å². The average Bonchev–Trinajstić information content (AvgIpc) is 2.69. The van der Waals surface area contributed by atoms with Gasteiger partial charge in [-0.1, -0.05) is 30.3 Å². The van der Waals surface area contributed by atoms with Gasteiger partial charge in [0.15, 0.2) is 0 Å². The number of nitrogens with one attached hydrogen (secondary N) is 1. The van der Waals surface area contributed by atoms with Crippen LogP contribution in [0.1, 0.15) is 11.6 Å². The molecular formula is C20H23FN2O2S. The number of ether oxygens (including phenoxy) is 1. The zero-order valence-corrected chi connectivity index (χ0v) is 15.4. The van der Waals surface area contributed by atoms with Crippen molar-refractivity contribution in [2.75, 3.05) is 38.6 Å². The van der Waals surface area contributed by atoms with E-state index >= 15 is 0 Å². The minimum atomic E-state index is -0.269. The number of halogens is 1. The predicted molar refractivity (Wildman–Crippen MR) is 102 cm³/mol. The molecule has 6 heteroatoms. The number of morpholine rings is 1. The molecule has 1 amide bonds. The van der Waals surface area contributed by atoms with Crippen LogP contribution in [0.25, 0.3) is 0 Å². The maximum atomic E-state index is 12.9. The first-order chi connectivity index (χ1) is 12.7. The van der Waals surface area contributed by atoms with Crippen LogP contribution in [0.2, 0.25) is 0 Å². The number of nitrogens with zero attached hydrogens (tertiary/aromatic N) is 1. The molecule has 4 nitrogen and oxygen atoms in total. The second-order valence-corrected chi connectivity index (χ2v) is 7.17. The molecule has 1 unspecified atom stereocenters. The molecule has 1 heterocycles. The van der Waals surface area contributed by atoms with E-state index in [9.17, 15) is 9.18 Å². The lowest BCUT2D eigenvalue weighted by Crippen LogP contribution is -2.44. The predicted octanol–water partition coefficient (Wildman–Crippen LogP) is 3.11. The van der Waals surface area contributed by atoms with Crippen molar-refractivity contribution in [3.05, 3.63) is 66.0 Å². The molecule has 1 atom stereocenters. The molecule has 0 aliphatic carbocycles. The van der Waals surface area contributed by atoms with Crippen molar-refractivity contribution in [3.63, 3.8) is 0 Å². The molecule has 1 aliphatic rings. The fourth-order valence-electron chi connectivity index (χ4n) is 2.96. The molecule has 0 bridgehead atoms. The van der Waals surface area contributed by atoms with Crippen LogP contribution in [0, 0.1) is 5.82 Å². The zero-order chi connectivity index (χ0) is 18.2. The van der Waals surface area contributed by atoms with Crippen molar-refractivity contribution in [3.8, 4) is 0 Å². The lowest BCUT2D eigenvalue weighted by molar-refractivity contribution is -0.118. The number of rotatable bonds is 7. The maximum Gasteiger partial charge on any atom is 0.230 e. The second kappa shape index (κ2) is 9.71. The normalized spacial score (nSPS) is 16.2. The first kappa shape index (κ1) is 18.9. The minimum absolute atomic E-state index is 0.0199. The Labute approximate surface area is 157 Å². The number of carbonyl (C=O) groups excluding carboxylic acids is 1. The van der Waals surface area contributed by atoms with Gasteiger partial charge in [-0.25, -0.2) is 4.39 Å². The topological polar surface area (TPSA) is 41.6 Å². The van der Waals surface area contributed by atoms with Gasteiger partial charge in [-0.2, -0.15) is 0 Å². The van der Waals surface area contributed by atoms with E-state index in [-0.39, 0.29) is 17.8 Å². The molecule has 0 spiro atoms. The van der Waals surface area contributed by atoms with E-state index in [1.165, 1.54) is 29.5 Å². The molecule has 1 saturated heterocycles. The maximum absolute atomic E-state index is 12.9. The van der Waals surface area contributed by atoms with E-state index in [0.717, 1.165) is 31.2 Å². The molecule has 1 N–H and O–H groups in total. The Balaban J connectivity index is 1.54. The van der Waals surface area contributed by atoms with Crippen molar-refractivity contribution >= 4 is 17.7 Å². The molecule has 2 aromatic carbocycles. The Morgan fingerprint density at radius 2 is 1.81 bits per heavy atom. The number of thioether (sulfide) groups is 1. The second-order valence-electron chi connectivity index (χ2n) is 6.12. The SMILES string of the molecule is O=C(CSc1ccc(F)cc1)NCC(c1ccccc1)N1CCOCC1. The molecule has 0 radical (unpaired) electrons. The Bertz CT molecular complexity index is 691. The standard InChI is InChI=1S/C20H23FN2O2S/c21-17-6-8-18(9-7-17)26-15-20(24)22-14-19(16-4-2-1-3-5-16)23-10-12-25-13-11-23/h1-9,19H,10-15H2,(H,22,24). The monoisotopic (exact) mass is 374 g/mol. The van der Waals surface area contributed by atoms with Crippen LogP contribution in [-0.4, -0.2) is 49.4 Å². The molecule has 2 aromatic rings. The molecule has 3 rings (SSSR count). The lowest BCUT2D eigenvalue weighted by Gasteiger charge is -2.34. The van der Waals surface area contributed by atoms with Gasteiger partial charge in [-0.15, -0.1) is 11.8 Å². The first-order valence-corrected chi connectivity index (χ1v) is 9.73.